The lowest BCUT2D eigenvalue weighted by atomic mass is 10.2. The van der Waals surface area contributed by atoms with Crippen molar-refractivity contribution in [3.05, 3.63) is 34.1 Å². The van der Waals surface area contributed by atoms with Gasteiger partial charge in [-0.1, -0.05) is 13.8 Å². The molecule has 1 aliphatic heterocycles. The van der Waals surface area contributed by atoms with Crippen molar-refractivity contribution in [2.24, 2.45) is 0 Å². The van der Waals surface area contributed by atoms with Crippen molar-refractivity contribution in [1.82, 2.24) is 19.5 Å². The van der Waals surface area contributed by atoms with Gasteiger partial charge in [0, 0.05) is 25.1 Å². The Morgan fingerprint density at radius 1 is 1.33 bits per heavy atom. The minimum atomic E-state index is -3.81. The number of nitrogens with one attached hydrogen (secondary N) is 1. The Bertz CT molecular complexity index is 938. The van der Waals surface area contributed by atoms with Gasteiger partial charge in [-0.25, -0.2) is 13.4 Å². The second kappa shape index (κ2) is 7.92. The second-order valence-corrected chi connectivity index (χ2v) is 9.11. The molecule has 1 aliphatic rings. The summed E-state index contributed by atoms with van der Waals surface area (Å²) < 4.78 is 31.9. The summed E-state index contributed by atoms with van der Waals surface area (Å²) in [7, 11) is -3.81. The van der Waals surface area contributed by atoms with Gasteiger partial charge in [0.1, 0.15) is 5.82 Å². The molecule has 0 unspecified atom stereocenters. The van der Waals surface area contributed by atoms with E-state index in [1.54, 1.807) is 0 Å². The van der Waals surface area contributed by atoms with E-state index in [0.29, 0.717) is 24.2 Å². The number of nitrogens with zero attached hydrogens (tertiary/aromatic N) is 4. The molecular weight excluding hydrogens is 394 g/mol. The Morgan fingerprint density at radius 2 is 2.04 bits per heavy atom. The van der Waals surface area contributed by atoms with E-state index in [4.69, 9.17) is 4.74 Å². The molecule has 0 aliphatic carbocycles. The van der Waals surface area contributed by atoms with Crippen LogP contribution >= 0.6 is 11.8 Å². The molecule has 0 spiro atoms. The van der Waals surface area contributed by atoms with E-state index in [1.807, 2.05) is 13.8 Å². The van der Waals surface area contributed by atoms with Crippen molar-refractivity contribution in [1.29, 1.82) is 0 Å². The third kappa shape index (κ3) is 4.29. The molecule has 1 fully saturated rings. The van der Waals surface area contributed by atoms with Gasteiger partial charge in [-0.2, -0.15) is 4.31 Å². The van der Waals surface area contributed by atoms with Crippen molar-refractivity contribution < 1.29 is 18.1 Å². The summed E-state index contributed by atoms with van der Waals surface area (Å²) in [6.07, 6.45) is 0. The standard InChI is InChI=1S/C15H19N5O5S2/c1-10(2)14-16-15(18-17-14)26-13-4-3-11(9-12(13)20(21)22)27(23,24)19-5-7-25-8-6-19/h3-4,9-10H,5-8H2,1-2H3,(H,16,17,18). The van der Waals surface area contributed by atoms with E-state index in [-0.39, 0.29) is 34.5 Å². The molecule has 1 N–H and O–H groups in total. The maximum Gasteiger partial charge on any atom is 0.284 e. The summed E-state index contributed by atoms with van der Waals surface area (Å²) in [6.45, 7) is 4.95. The van der Waals surface area contributed by atoms with Gasteiger partial charge in [0.2, 0.25) is 15.2 Å². The number of benzene rings is 1. The number of ether oxygens (including phenoxy) is 1. The molecule has 10 nitrogen and oxygen atoms in total. The Hall–Kier alpha value is -2.02. The number of nitro groups is 1. The highest BCUT2D eigenvalue weighted by Crippen LogP contribution is 2.35. The topological polar surface area (TPSA) is 131 Å². The highest BCUT2D eigenvalue weighted by Gasteiger charge is 2.29. The van der Waals surface area contributed by atoms with Crippen LogP contribution in [-0.4, -0.2) is 59.1 Å². The summed E-state index contributed by atoms with van der Waals surface area (Å²) in [4.78, 5) is 15.3. The Kier molecular flexibility index (Phi) is 5.79. The molecule has 2 heterocycles. The Labute approximate surface area is 160 Å². The zero-order valence-corrected chi connectivity index (χ0v) is 16.4. The number of nitro benzene ring substituents is 1. The first-order valence-electron chi connectivity index (χ1n) is 8.25. The van der Waals surface area contributed by atoms with E-state index in [9.17, 15) is 18.5 Å². The number of rotatable bonds is 6. The van der Waals surface area contributed by atoms with Gasteiger partial charge < -0.3 is 4.74 Å². The SMILES string of the molecule is CC(C)c1nc(Sc2ccc(S(=O)(=O)N3CCOCC3)cc2[N+](=O)[O-])n[nH]1. The summed E-state index contributed by atoms with van der Waals surface area (Å²) in [5.41, 5.74) is -0.301. The number of aromatic amines is 1. The molecule has 2 aromatic rings. The van der Waals surface area contributed by atoms with Crippen LogP contribution in [0.2, 0.25) is 0 Å². The number of morpholine rings is 1. The average molecular weight is 413 g/mol. The summed E-state index contributed by atoms with van der Waals surface area (Å²) in [6, 6.07) is 3.88. The third-order valence-electron chi connectivity index (χ3n) is 3.97. The fourth-order valence-electron chi connectivity index (χ4n) is 2.48. The van der Waals surface area contributed by atoms with Crippen molar-refractivity contribution in [2.45, 2.75) is 34.7 Å². The molecule has 0 radical (unpaired) electrons. The van der Waals surface area contributed by atoms with Crippen LogP contribution in [-0.2, 0) is 14.8 Å². The fourth-order valence-corrected chi connectivity index (χ4v) is 4.72. The number of aromatic nitrogens is 3. The van der Waals surface area contributed by atoms with Crippen LogP contribution in [0.15, 0.2) is 33.1 Å². The first-order valence-corrected chi connectivity index (χ1v) is 10.5. The largest absolute Gasteiger partial charge is 0.379 e. The average Bonchev–Trinajstić information content (AvgIpc) is 3.11. The van der Waals surface area contributed by atoms with E-state index in [0.717, 1.165) is 17.8 Å². The monoisotopic (exact) mass is 413 g/mol. The number of hydrogen-bond acceptors (Lipinski definition) is 8. The van der Waals surface area contributed by atoms with E-state index >= 15 is 0 Å². The number of sulfonamides is 1. The molecule has 27 heavy (non-hydrogen) atoms. The van der Waals surface area contributed by atoms with Crippen molar-refractivity contribution in [2.75, 3.05) is 26.3 Å². The quantitative estimate of drug-likeness (QED) is 0.562. The minimum absolute atomic E-state index is 0.113. The van der Waals surface area contributed by atoms with Crippen LogP contribution in [0, 0.1) is 10.1 Å². The summed E-state index contributed by atoms with van der Waals surface area (Å²) in [5.74, 6) is 0.814. The van der Waals surface area contributed by atoms with Crippen LogP contribution in [0.3, 0.4) is 0 Å². The van der Waals surface area contributed by atoms with Gasteiger partial charge in [0.25, 0.3) is 5.69 Å². The first kappa shape index (κ1) is 19.7. The second-order valence-electron chi connectivity index (χ2n) is 6.16. The van der Waals surface area contributed by atoms with Gasteiger partial charge in [-0.05, 0) is 23.9 Å². The predicted octanol–water partition coefficient (Wildman–Crippen LogP) is 2.01. The first-order chi connectivity index (χ1) is 12.8. The molecule has 0 saturated carbocycles. The molecule has 1 saturated heterocycles. The molecule has 12 heteroatoms. The summed E-state index contributed by atoms with van der Waals surface area (Å²) in [5, 5.41) is 18.7. The van der Waals surface area contributed by atoms with Crippen LogP contribution < -0.4 is 0 Å². The van der Waals surface area contributed by atoms with Crippen LogP contribution in [0.4, 0.5) is 5.69 Å². The van der Waals surface area contributed by atoms with Crippen LogP contribution in [0.5, 0.6) is 0 Å². The molecule has 0 amide bonds. The lowest BCUT2D eigenvalue weighted by Crippen LogP contribution is -2.40. The summed E-state index contributed by atoms with van der Waals surface area (Å²) >= 11 is 1.01. The van der Waals surface area contributed by atoms with Crippen molar-refractivity contribution in [3.8, 4) is 0 Å². The van der Waals surface area contributed by atoms with Gasteiger partial charge in [0.05, 0.1) is 27.9 Å². The van der Waals surface area contributed by atoms with Crippen molar-refractivity contribution in [3.63, 3.8) is 0 Å². The van der Waals surface area contributed by atoms with Gasteiger partial charge in [-0.15, -0.1) is 5.10 Å². The van der Waals surface area contributed by atoms with Crippen LogP contribution in [0.1, 0.15) is 25.6 Å². The highest BCUT2D eigenvalue weighted by molar-refractivity contribution is 7.99. The van der Waals surface area contributed by atoms with E-state index in [2.05, 4.69) is 15.2 Å². The number of hydrogen-bond donors (Lipinski definition) is 1. The van der Waals surface area contributed by atoms with Gasteiger partial charge >= 0.3 is 0 Å². The molecule has 0 bridgehead atoms. The molecule has 0 atom stereocenters. The normalized spacial score (nSPS) is 16.0. The van der Waals surface area contributed by atoms with E-state index < -0.39 is 14.9 Å². The molecule has 1 aromatic carbocycles. The molecule has 1 aromatic heterocycles. The highest BCUT2D eigenvalue weighted by atomic mass is 32.2. The molecule has 146 valence electrons. The third-order valence-corrected chi connectivity index (χ3v) is 6.79. The minimum Gasteiger partial charge on any atom is -0.379 e. The lowest BCUT2D eigenvalue weighted by Gasteiger charge is -2.26. The lowest BCUT2D eigenvalue weighted by molar-refractivity contribution is -0.388. The van der Waals surface area contributed by atoms with Crippen molar-refractivity contribution >= 4 is 27.5 Å². The zero-order valence-electron chi connectivity index (χ0n) is 14.8. The molecular formula is C15H19N5O5S2. The maximum atomic E-state index is 12.7. The van der Waals surface area contributed by atoms with Gasteiger partial charge in [0.15, 0.2) is 0 Å². The predicted molar refractivity (Wildman–Crippen MR) is 97.3 cm³/mol. The maximum absolute atomic E-state index is 12.7. The zero-order chi connectivity index (χ0) is 19.6. The molecule has 3 rings (SSSR count). The Balaban J connectivity index is 1.91. The van der Waals surface area contributed by atoms with Crippen LogP contribution in [0.25, 0.3) is 0 Å². The Morgan fingerprint density at radius 3 is 2.63 bits per heavy atom. The number of H-pyrrole nitrogens is 1. The fraction of sp³-hybridized carbons (Fsp3) is 0.467. The smallest absolute Gasteiger partial charge is 0.284 e. The van der Waals surface area contributed by atoms with Gasteiger partial charge in [-0.3, -0.25) is 15.2 Å². The van der Waals surface area contributed by atoms with E-state index in [1.165, 1.54) is 16.4 Å².